The minimum atomic E-state index is -0.476. The molecule has 122 valence electrons. The van der Waals surface area contributed by atoms with Crippen LogP contribution in [0.25, 0.3) is 0 Å². The zero-order valence-corrected chi connectivity index (χ0v) is 13.4. The largest absolute Gasteiger partial charge is 0.379 e. The summed E-state index contributed by atoms with van der Waals surface area (Å²) in [6, 6.07) is 0. The number of hydrogen-bond donors (Lipinski definition) is 2. The second-order valence-corrected chi connectivity index (χ2v) is 6.35. The summed E-state index contributed by atoms with van der Waals surface area (Å²) in [6.45, 7) is 8.08. The van der Waals surface area contributed by atoms with Gasteiger partial charge in [0.1, 0.15) is 0 Å². The SMILES string of the molecule is CC(C)(C)C(=O)NCC(=O)NCCCOCC1CCCO1. The molecule has 0 saturated carbocycles. The Morgan fingerprint density at radius 2 is 2.05 bits per heavy atom. The molecule has 1 fully saturated rings. The van der Waals surface area contributed by atoms with Crippen LogP contribution >= 0.6 is 0 Å². The lowest BCUT2D eigenvalue weighted by molar-refractivity contribution is -0.131. The average molecular weight is 300 g/mol. The van der Waals surface area contributed by atoms with E-state index in [9.17, 15) is 9.59 Å². The third-order valence-corrected chi connectivity index (χ3v) is 3.21. The number of amides is 2. The van der Waals surface area contributed by atoms with Crippen molar-refractivity contribution in [2.24, 2.45) is 5.41 Å². The fourth-order valence-electron chi connectivity index (χ4n) is 1.88. The molecular weight excluding hydrogens is 272 g/mol. The van der Waals surface area contributed by atoms with Gasteiger partial charge in [0.2, 0.25) is 11.8 Å². The molecule has 1 aliphatic heterocycles. The molecule has 1 saturated heterocycles. The van der Waals surface area contributed by atoms with E-state index < -0.39 is 5.41 Å². The van der Waals surface area contributed by atoms with Crippen LogP contribution in [0, 0.1) is 5.41 Å². The van der Waals surface area contributed by atoms with E-state index in [0.29, 0.717) is 19.8 Å². The molecule has 1 heterocycles. The van der Waals surface area contributed by atoms with Gasteiger partial charge in [0.25, 0.3) is 0 Å². The van der Waals surface area contributed by atoms with Crippen molar-refractivity contribution in [3.63, 3.8) is 0 Å². The summed E-state index contributed by atoms with van der Waals surface area (Å²) in [4.78, 5) is 23.1. The molecule has 0 aromatic heterocycles. The highest BCUT2D eigenvalue weighted by atomic mass is 16.5. The molecule has 1 atom stereocenters. The highest BCUT2D eigenvalue weighted by Gasteiger charge is 2.21. The molecule has 2 N–H and O–H groups in total. The molecule has 0 aliphatic carbocycles. The number of hydrogen-bond acceptors (Lipinski definition) is 4. The van der Waals surface area contributed by atoms with Gasteiger partial charge in [0, 0.05) is 25.2 Å². The lowest BCUT2D eigenvalue weighted by Crippen LogP contribution is -2.42. The number of ether oxygens (including phenoxy) is 2. The molecular formula is C15H28N2O4. The highest BCUT2D eigenvalue weighted by molar-refractivity contribution is 5.87. The summed E-state index contributed by atoms with van der Waals surface area (Å²) in [5.41, 5.74) is -0.476. The lowest BCUT2D eigenvalue weighted by Gasteiger charge is -2.17. The van der Waals surface area contributed by atoms with Crippen LogP contribution in [0.15, 0.2) is 0 Å². The quantitative estimate of drug-likeness (QED) is 0.652. The maximum absolute atomic E-state index is 11.6. The van der Waals surface area contributed by atoms with Gasteiger partial charge in [-0.15, -0.1) is 0 Å². The van der Waals surface area contributed by atoms with Gasteiger partial charge >= 0.3 is 0 Å². The third kappa shape index (κ3) is 8.02. The molecule has 0 aromatic rings. The van der Waals surface area contributed by atoms with E-state index in [4.69, 9.17) is 9.47 Å². The molecule has 0 bridgehead atoms. The van der Waals surface area contributed by atoms with E-state index in [1.807, 2.05) is 20.8 Å². The summed E-state index contributed by atoms with van der Waals surface area (Å²) in [5.74, 6) is -0.302. The molecule has 2 amide bonds. The monoisotopic (exact) mass is 300 g/mol. The van der Waals surface area contributed by atoms with Crippen LogP contribution in [0.2, 0.25) is 0 Å². The van der Waals surface area contributed by atoms with Gasteiger partial charge in [-0.2, -0.15) is 0 Å². The summed E-state index contributed by atoms with van der Waals surface area (Å²) in [5, 5.41) is 5.37. The molecule has 0 radical (unpaired) electrons. The first kappa shape index (κ1) is 17.9. The molecule has 1 unspecified atom stereocenters. The summed E-state index contributed by atoms with van der Waals surface area (Å²) in [6.07, 6.45) is 3.19. The average Bonchev–Trinajstić information content (AvgIpc) is 2.92. The smallest absolute Gasteiger partial charge is 0.239 e. The van der Waals surface area contributed by atoms with E-state index in [0.717, 1.165) is 25.9 Å². The number of carbonyl (C=O) groups excluding carboxylic acids is 2. The van der Waals surface area contributed by atoms with Gasteiger partial charge < -0.3 is 20.1 Å². The minimum absolute atomic E-state index is 0.0207. The van der Waals surface area contributed by atoms with Gasteiger partial charge in [-0.05, 0) is 19.3 Å². The van der Waals surface area contributed by atoms with Crippen molar-refractivity contribution in [3.05, 3.63) is 0 Å². The van der Waals surface area contributed by atoms with Crippen LogP contribution < -0.4 is 10.6 Å². The number of rotatable bonds is 8. The fraction of sp³-hybridized carbons (Fsp3) is 0.867. The second-order valence-electron chi connectivity index (χ2n) is 6.35. The summed E-state index contributed by atoms with van der Waals surface area (Å²) < 4.78 is 10.9. The van der Waals surface area contributed by atoms with Crippen molar-refractivity contribution in [3.8, 4) is 0 Å². The van der Waals surface area contributed by atoms with Gasteiger partial charge in [-0.3, -0.25) is 9.59 Å². The van der Waals surface area contributed by atoms with Gasteiger partial charge in [-0.25, -0.2) is 0 Å². The van der Waals surface area contributed by atoms with E-state index in [1.165, 1.54) is 0 Å². The molecule has 21 heavy (non-hydrogen) atoms. The first-order valence-corrected chi connectivity index (χ1v) is 7.64. The molecule has 1 aliphatic rings. The maximum Gasteiger partial charge on any atom is 0.239 e. The first-order chi connectivity index (χ1) is 9.89. The molecule has 1 rings (SSSR count). The van der Waals surface area contributed by atoms with Crippen molar-refractivity contribution in [2.75, 3.05) is 32.9 Å². The van der Waals surface area contributed by atoms with Crippen LogP contribution in [0.5, 0.6) is 0 Å². The number of nitrogens with one attached hydrogen (secondary N) is 2. The van der Waals surface area contributed by atoms with Crippen LogP contribution in [0.4, 0.5) is 0 Å². The lowest BCUT2D eigenvalue weighted by atomic mass is 9.96. The van der Waals surface area contributed by atoms with Gasteiger partial charge in [0.15, 0.2) is 0 Å². The Kier molecular flexibility index (Phi) is 7.67. The van der Waals surface area contributed by atoms with Crippen molar-refractivity contribution in [2.45, 2.75) is 46.1 Å². The molecule has 0 aromatic carbocycles. The Bertz CT molecular complexity index is 333. The van der Waals surface area contributed by atoms with Crippen LogP contribution in [-0.2, 0) is 19.1 Å². The zero-order chi connectivity index (χ0) is 15.7. The third-order valence-electron chi connectivity index (χ3n) is 3.21. The Balaban J connectivity index is 1.94. The van der Waals surface area contributed by atoms with E-state index in [-0.39, 0.29) is 24.5 Å². The van der Waals surface area contributed by atoms with Crippen molar-refractivity contribution in [1.29, 1.82) is 0 Å². The Morgan fingerprint density at radius 1 is 1.29 bits per heavy atom. The van der Waals surface area contributed by atoms with Crippen LogP contribution in [0.1, 0.15) is 40.0 Å². The normalized spacial score (nSPS) is 18.5. The minimum Gasteiger partial charge on any atom is -0.379 e. The van der Waals surface area contributed by atoms with Gasteiger partial charge in [-0.1, -0.05) is 20.8 Å². The molecule has 6 heteroatoms. The van der Waals surface area contributed by atoms with E-state index in [2.05, 4.69) is 10.6 Å². The van der Waals surface area contributed by atoms with Crippen LogP contribution in [0.3, 0.4) is 0 Å². The van der Waals surface area contributed by atoms with E-state index >= 15 is 0 Å². The topological polar surface area (TPSA) is 76.7 Å². The second kappa shape index (κ2) is 9.00. The maximum atomic E-state index is 11.6. The van der Waals surface area contributed by atoms with Crippen LogP contribution in [-0.4, -0.2) is 50.8 Å². The molecule has 0 spiro atoms. The standard InChI is InChI=1S/C15H28N2O4/c1-15(2,3)14(19)17-10-13(18)16-7-5-8-20-11-12-6-4-9-21-12/h12H,4-11H2,1-3H3,(H,16,18)(H,17,19). The van der Waals surface area contributed by atoms with E-state index in [1.54, 1.807) is 0 Å². The number of carbonyl (C=O) groups is 2. The fourth-order valence-corrected chi connectivity index (χ4v) is 1.88. The van der Waals surface area contributed by atoms with Crippen molar-refractivity contribution in [1.82, 2.24) is 10.6 Å². The summed E-state index contributed by atoms with van der Waals surface area (Å²) in [7, 11) is 0. The zero-order valence-electron chi connectivity index (χ0n) is 13.4. The van der Waals surface area contributed by atoms with Gasteiger partial charge in [0.05, 0.1) is 19.3 Å². The Hall–Kier alpha value is -1.14. The highest BCUT2D eigenvalue weighted by Crippen LogP contribution is 2.12. The Morgan fingerprint density at radius 3 is 2.67 bits per heavy atom. The predicted molar refractivity (Wildman–Crippen MR) is 79.9 cm³/mol. The Labute approximate surface area is 126 Å². The summed E-state index contributed by atoms with van der Waals surface area (Å²) >= 11 is 0. The van der Waals surface area contributed by atoms with Crippen molar-refractivity contribution >= 4 is 11.8 Å². The molecule has 6 nitrogen and oxygen atoms in total. The van der Waals surface area contributed by atoms with Crippen molar-refractivity contribution < 1.29 is 19.1 Å². The predicted octanol–water partition coefficient (Wildman–Crippen LogP) is 0.851. The first-order valence-electron chi connectivity index (χ1n) is 7.64.